The van der Waals surface area contributed by atoms with Crippen LogP contribution >= 0.6 is 43.2 Å². The van der Waals surface area contributed by atoms with Crippen LogP contribution in [0.1, 0.15) is 98.8 Å². The van der Waals surface area contributed by atoms with Crippen LogP contribution in [0.4, 0.5) is 0 Å². The van der Waals surface area contributed by atoms with E-state index in [-0.39, 0.29) is 13.4 Å². The molecule has 0 amide bonds. The van der Waals surface area contributed by atoms with Gasteiger partial charge in [-0.2, -0.15) is 0 Å². The Morgan fingerprint density at radius 1 is 0.724 bits per heavy atom. The lowest BCUT2D eigenvalue weighted by Gasteiger charge is -2.21. The van der Waals surface area contributed by atoms with Crippen molar-refractivity contribution in [3.05, 3.63) is 0 Å². The Hall–Kier alpha value is 0.830. The molecule has 0 aromatic heterocycles. The van der Waals surface area contributed by atoms with E-state index < -0.39 is 0 Å². The molecule has 0 atom stereocenters. The average molecular weight is 486 g/mol. The van der Waals surface area contributed by atoms with E-state index in [9.17, 15) is 4.79 Å². The molecule has 29 heavy (non-hydrogen) atoms. The molecule has 0 saturated heterocycles. The molecule has 0 aliphatic heterocycles. The van der Waals surface area contributed by atoms with Crippen LogP contribution in [0.3, 0.4) is 0 Å². The summed E-state index contributed by atoms with van der Waals surface area (Å²) in [6, 6.07) is 0. The summed E-state index contributed by atoms with van der Waals surface area (Å²) < 4.78 is 5.30. The standard InChI is InChI=1S/C21H43NO2S4.CH4/c1-4-7-9-11-17-25-27-19-22(15-13-16-24-21(23)14-6-3)20-28-26-18-12-10-8-5-2;/h4-20H2,1-3H3;1H4. The Labute approximate surface area is 198 Å². The van der Waals surface area contributed by atoms with E-state index >= 15 is 0 Å². The lowest BCUT2D eigenvalue weighted by atomic mass is 10.2. The SMILES string of the molecule is C.CCCCCCSSCN(CCCOC(=O)CCC)CSSCCCCCC. The third-order valence-electron chi connectivity index (χ3n) is 4.14. The normalized spacial score (nSPS) is 10.9. The minimum absolute atomic E-state index is 0. The molecule has 0 heterocycles. The number of nitrogens with zero attached hydrogens (tertiary/aromatic N) is 1. The topological polar surface area (TPSA) is 29.5 Å². The van der Waals surface area contributed by atoms with E-state index in [2.05, 4.69) is 18.7 Å². The van der Waals surface area contributed by atoms with Crippen LogP contribution in [0.15, 0.2) is 0 Å². The van der Waals surface area contributed by atoms with Crippen LogP contribution in [-0.4, -0.2) is 47.3 Å². The summed E-state index contributed by atoms with van der Waals surface area (Å²) in [5.74, 6) is 4.58. The molecule has 3 nitrogen and oxygen atoms in total. The van der Waals surface area contributed by atoms with Gasteiger partial charge >= 0.3 is 5.97 Å². The molecule has 0 radical (unpaired) electrons. The molecule has 0 fully saturated rings. The van der Waals surface area contributed by atoms with Gasteiger partial charge in [-0.05, 0) is 25.7 Å². The first kappa shape index (κ1) is 32.0. The summed E-state index contributed by atoms with van der Waals surface area (Å²) in [6.07, 6.45) is 13.1. The second kappa shape index (κ2) is 26.9. The van der Waals surface area contributed by atoms with Crippen molar-refractivity contribution in [2.75, 3.05) is 36.4 Å². The van der Waals surface area contributed by atoms with Gasteiger partial charge in [0.25, 0.3) is 0 Å². The van der Waals surface area contributed by atoms with Gasteiger partial charge in [-0.15, -0.1) is 0 Å². The van der Waals surface area contributed by atoms with Crippen molar-refractivity contribution in [1.29, 1.82) is 0 Å². The fourth-order valence-electron chi connectivity index (χ4n) is 2.43. The van der Waals surface area contributed by atoms with Crippen molar-refractivity contribution >= 4 is 49.1 Å². The smallest absolute Gasteiger partial charge is 0.305 e. The Kier molecular flexibility index (Phi) is 29.7. The second-order valence-electron chi connectivity index (χ2n) is 6.98. The molecule has 0 bridgehead atoms. The number of unbranched alkanes of at least 4 members (excludes halogenated alkanes) is 6. The quantitative estimate of drug-likeness (QED) is 0.0657. The second-order valence-corrected chi connectivity index (χ2v) is 12.1. The van der Waals surface area contributed by atoms with E-state index in [1.165, 1.54) is 62.9 Å². The van der Waals surface area contributed by atoms with E-state index in [4.69, 9.17) is 4.74 Å². The molecule has 7 heteroatoms. The number of carbonyl (C=O) groups is 1. The highest BCUT2D eigenvalue weighted by Gasteiger charge is 2.07. The predicted molar refractivity (Wildman–Crippen MR) is 142 cm³/mol. The number of ether oxygens (including phenoxy) is 1. The number of rotatable bonds is 22. The molecule has 0 aliphatic carbocycles. The summed E-state index contributed by atoms with van der Waals surface area (Å²) in [7, 11) is 7.98. The summed E-state index contributed by atoms with van der Waals surface area (Å²) in [6.45, 7) is 8.10. The van der Waals surface area contributed by atoms with Crippen molar-refractivity contribution in [3.8, 4) is 0 Å². The Balaban J connectivity index is 0. The molecule has 0 N–H and O–H groups in total. The van der Waals surface area contributed by atoms with Crippen LogP contribution in [0, 0.1) is 0 Å². The fraction of sp³-hybridized carbons (Fsp3) is 0.955. The van der Waals surface area contributed by atoms with E-state index in [0.29, 0.717) is 13.0 Å². The first-order valence-electron chi connectivity index (χ1n) is 11.1. The molecule has 0 aromatic rings. The van der Waals surface area contributed by atoms with Gasteiger partial charge in [0, 0.05) is 24.5 Å². The fourth-order valence-corrected chi connectivity index (χ4v) is 7.07. The van der Waals surface area contributed by atoms with Gasteiger partial charge in [-0.3, -0.25) is 9.69 Å². The molecule has 176 valence electrons. The van der Waals surface area contributed by atoms with Crippen LogP contribution < -0.4 is 0 Å². The zero-order valence-corrected chi connectivity index (χ0v) is 21.7. The zero-order valence-electron chi connectivity index (χ0n) is 18.4. The maximum atomic E-state index is 11.5. The van der Waals surface area contributed by atoms with Crippen LogP contribution in [0.2, 0.25) is 0 Å². The van der Waals surface area contributed by atoms with Crippen molar-refractivity contribution < 1.29 is 9.53 Å². The lowest BCUT2D eigenvalue weighted by Crippen LogP contribution is -2.24. The van der Waals surface area contributed by atoms with Crippen molar-refractivity contribution in [2.45, 2.75) is 98.8 Å². The lowest BCUT2D eigenvalue weighted by molar-refractivity contribution is -0.143. The molecular formula is C22H47NO2S4. The molecule has 0 aromatic carbocycles. The number of hydrogen-bond acceptors (Lipinski definition) is 7. The van der Waals surface area contributed by atoms with Crippen LogP contribution in [0.5, 0.6) is 0 Å². The summed E-state index contributed by atoms with van der Waals surface area (Å²) in [5.41, 5.74) is 0. The predicted octanol–water partition coefficient (Wildman–Crippen LogP) is 8.50. The first-order chi connectivity index (χ1) is 13.7. The van der Waals surface area contributed by atoms with Gasteiger partial charge in [-0.25, -0.2) is 0 Å². The zero-order chi connectivity index (χ0) is 20.7. The number of esters is 1. The first-order valence-corrected chi connectivity index (χ1v) is 16.1. The number of carbonyl (C=O) groups excluding carboxylic acids is 1. The molecule has 0 unspecified atom stereocenters. The summed E-state index contributed by atoms with van der Waals surface area (Å²) in [4.78, 5) is 14.0. The van der Waals surface area contributed by atoms with Crippen molar-refractivity contribution in [3.63, 3.8) is 0 Å². The van der Waals surface area contributed by atoms with Gasteiger partial charge < -0.3 is 4.74 Å². The van der Waals surface area contributed by atoms with Gasteiger partial charge in [0.2, 0.25) is 0 Å². The van der Waals surface area contributed by atoms with E-state index in [1.807, 2.05) is 50.1 Å². The average Bonchev–Trinajstić information content (AvgIpc) is 2.69. The maximum absolute atomic E-state index is 11.5. The van der Waals surface area contributed by atoms with Gasteiger partial charge in [0.15, 0.2) is 0 Å². The maximum Gasteiger partial charge on any atom is 0.305 e. The van der Waals surface area contributed by atoms with Gasteiger partial charge in [0.05, 0.1) is 18.4 Å². The molecule has 0 spiro atoms. The Bertz CT molecular complexity index is 318. The third kappa shape index (κ3) is 25.0. The highest BCUT2D eigenvalue weighted by Crippen LogP contribution is 2.28. The van der Waals surface area contributed by atoms with E-state index in [0.717, 1.165) is 31.1 Å². The third-order valence-corrected chi connectivity index (χ3v) is 8.95. The highest BCUT2D eigenvalue weighted by atomic mass is 33.1. The van der Waals surface area contributed by atoms with E-state index in [1.54, 1.807) is 0 Å². The summed E-state index contributed by atoms with van der Waals surface area (Å²) >= 11 is 0. The Morgan fingerprint density at radius 3 is 1.76 bits per heavy atom. The van der Waals surface area contributed by atoms with Crippen molar-refractivity contribution in [1.82, 2.24) is 4.90 Å². The molecule has 0 aliphatic rings. The van der Waals surface area contributed by atoms with Crippen molar-refractivity contribution in [2.24, 2.45) is 0 Å². The highest BCUT2D eigenvalue weighted by molar-refractivity contribution is 8.77. The summed E-state index contributed by atoms with van der Waals surface area (Å²) in [5, 5.41) is 0. The largest absolute Gasteiger partial charge is 0.466 e. The molecule has 0 saturated carbocycles. The van der Waals surface area contributed by atoms with Crippen LogP contribution in [-0.2, 0) is 9.53 Å². The molecule has 0 rings (SSSR count). The Morgan fingerprint density at radius 2 is 1.28 bits per heavy atom. The monoisotopic (exact) mass is 485 g/mol. The molecular weight excluding hydrogens is 439 g/mol. The van der Waals surface area contributed by atoms with Crippen LogP contribution in [0.25, 0.3) is 0 Å². The van der Waals surface area contributed by atoms with Gasteiger partial charge in [-0.1, -0.05) is 110 Å². The minimum Gasteiger partial charge on any atom is -0.466 e. The minimum atomic E-state index is -0.0527. The number of hydrogen-bond donors (Lipinski definition) is 0. The van der Waals surface area contributed by atoms with Gasteiger partial charge in [0.1, 0.15) is 0 Å².